The fourth-order valence-electron chi connectivity index (χ4n) is 3.15. The molecule has 0 atom stereocenters. The number of H-pyrrole nitrogens is 1. The zero-order chi connectivity index (χ0) is 16.4. The van der Waals surface area contributed by atoms with Crippen molar-refractivity contribution >= 4 is 22.8 Å². The first-order chi connectivity index (χ1) is 11.0. The number of amides is 1. The number of nitrogens with one attached hydrogen (secondary N) is 2. The summed E-state index contributed by atoms with van der Waals surface area (Å²) in [4.78, 5) is 25.9. The van der Waals surface area contributed by atoms with Crippen LogP contribution in [0.25, 0.3) is 10.9 Å². The first kappa shape index (κ1) is 15.4. The van der Waals surface area contributed by atoms with E-state index in [1.54, 1.807) is 7.11 Å². The lowest BCUT2D eigenvalue weighted by molar-refractivity contribution is -0.138. The van der Waals surface area contributed by atoms with Crippen molar-refractivity contribution in [2.45, 2.75) is 31.7 Å². The average Bonchev–Trinajstić information content (AvgIpc) is 2.86. The Morgan fingerprint density at radius 3 is 2.87 bits per heavy atom. The Hall–Kier alpha value is -2.50. The fourth-order valence-corrected chi connectivity index (χ4v) is 3.15. The Bertz CT molecular complexity index is 731. The third-order valence-electron chi connectivity index (χ3n) is 4.39. The molecule has 0 saturated heterocycles. The second kappa shape index (κ2) is 6.32. The molecule has 3 rings (SSSR count). The number of rotatable bonds is 6. The van der Waals surface area contributed by atoms with Crippen LogP contribution < -0.4 is 10.1 Å². The highest BCUT2D eigenvalue weighted by Crippen LogP contribution is 2.30. The van der Waals surface area contributed by atoms with Crippen molar-refractivity contribution < 1.29 is 19.4 Å². The van der Waals surface area contributed by atoms with Crippen LogP contribution in [0.4, 0.5) is 0 Å². The van der Waals surface area contributed by atoms with Gasteiger partial charge in [-0.05, 0) is 42.5 Å². The second-order valence-corrected chi connectivity index (χ2v) is 6.10. The largest absolute Gasteiger partial charge is 0.497 e. The van der Waals surface area contributed by atoms with Gasteiger partial charge in [0.1, 0.15) is 5.75 Å². The van der Waals surface area contributed by atoms with Crippen molar-refractivity contribution in [2.75, 3.05) is 7.11 Å². The topological polar surface area (TPSA) is 91.4 Å². The number of hydrogen-bond donors (Lipinski definition) is 3. The molecule has 1 amide bonds. The molecular formula is C17H20N2O4. The van der Waals surface area contributed by atoms with Crippen molar-refractivity contribution in [3.05, 3.63) is 30.0 Å². The van der Waals surface area contributed by atoms with Crippen molar-refractivity contribution in [2.24, 2.45) is 5.92 Å². The Labute approximate surface area is 133 Å². The molecule has 1 saturated carbocycles. The van der Waals surface area contributed by atoms with Gasteiger partial charge in [-0.2, -0.15) is 0 Å². The predicted molar refractivity (Wildman–Crippen MR) is 85.5 cm³/mol. The molecule has 122 valence electrons. The van der Waals surface area contributed by atoms with E-state index in [9.17, 15) is 9.59 Å². The van der Waals surface area contributed by atoms with E-state index in [4.69, 9.17) is 9.84 Å². The summed E-state index contributed by atoms with van der Waals surface area (Å²) >= 11 is 0. The van der Waals surface area contributed by atoms with Crippen LogP contribution in [0.15, 0.2) is 24.4 Å². The molecule has 1 aromatic carbocycles. The summed E-state index contributed by atoms with van der Waals surface area (Å²) in [6, 6.07) is 5.82. The number of hydrogen-bond acceptors (Lipinski definition) is 3. The average molecular weight is 316 g/mol. The third-order valence-corrected chi connectivity index (χ3v) is 4.39. The van der Waals surface area contributed by atoms with Crippen LogP contribution in [0.1, 0.15) is 24.8 Å². The molecule has 0 unspecified atom stereocenters. The van der Waals surface area contributed by atoms with Gasteiger partial charge >= 0.3 is 5.97 Å². The molecule has 1 aromatic heterocycles. The maximum absolute atomic E-state index is 12.2. The predicted octanol–water partition coefficient (Wildman–Crippen LogP) is 2.09. The van der Waals surface area contributed by atoms with Gasteiger partial charge < -0.3 is 20.1 Å². The Balaban J connectivity index is 1.57. The number of fused-ring (bicyclic) bond motifs is 1. The van der Waals surface area contributed by atoms with E-state index in [2.05, 4.69) is 10.3 Å². The van der Waals surface area contributed by atoms with Gasteiger partial charge in [-0.3, -0.25) is 9.59 Å². The monoisotopic (exact) mass is 316 g/mol. The summed E-state index contributed by atoms with van der Waals surface area (Å²) in [7, 11) is 1.62. The third kappa shape index (κ3) is 3.47. The molecule has 0 radical (unpaired) electrons. The number of ether oxygens (including phenoxy) is 1. The fraction of sp³-hybridized carbons (Fsp3) is 0.412. The molecule has 2 aromatic rings. The number of aromatic nitrogens is 1. The number of carboxylic acid groups (broad SMARTS) is 1. The normalized spacial score (nSPS) is 20.0. The molecule has 1 heterocycles. The summed E-state index contributed by atoms with van der Waals surface area (Å²) in [5.74, 6) is 0.143. The van der Waals surface area contributed by atoms with Gasteiger partial charge in [0, 0.05) is 29.6 Å². The van der Waals surface area contributed by atoms with Gasteiger partial charge in [0.25, 0.3) is 0 Å². The molecule has 6 nitrogen and oxygen atoms in total. The van der Waals surface area contributed by atoms with E-state index < -0.39 is 5.97 Å². The molecule has 6 heteroatoms. The highest BCUT2D eigenvalue weighted by atomic mass is 16.5. The van der Waals surface area contributed by atoms with Crippen LogP contribution in [0, 0.1) is 5.92 Å². The van der Waals surface area contributed by atoms with Gasteiger partial charge in [0.2, 0.25) is 5.91 Å². The van der Waals surface area contributed by atoms with Crippen molar-refractivity contribution in [3.63, 3.8) is 0 Å². The number of carbonyl (C=O) groups excluding carboxylic acids is 1. The molecule has 1 aliphatic rings. The summed E-state index contributed by atoms with van der Waals surface area (Å²) in [5.41, 5.74) is 1.90. The highest BCUT2D eigenvalue weighted by Gasteiger charge is 2.31. The second-order valence-electron chi connectivity index (χ2n) is 6.10. The molecule has 0 spiro atoms. The van der Waals surface area contributed by atoms with E-state index in [1.807, 2.05) is 24.4 Å². The minimum Gasteiger partial charge on any atom is -0.497 e. The molecule has 0 aliphatic heterocycles. The minimum atomic E-state index is -0.771. The Morgan fingerprint density at radius 2 is 2.17 bits per heavy atom. The van der Waals surface area contributed by atoms with Crippen LogP contribution in [0.5, 0.6) is 5.75 Å². The van der Waals surface area contributed by atoms with Gasteiger partial charge in [-0.15, -0.1) is 0 Å². The quantitative estimate of drug-likeness (QED) is 0.761. The van der Waals surface area contributed by atoms with Crippen LogP contribution in [0.3, 0.4) is 0 Å². The van der Waals surface area contributed by atoms with Crippen LogP contribution in [0.2, 0.25) is 0 Å². The van der Waals surface area contributed by atoms with Gasteiger partial charge in [0.15, 0.2) is 0 Å². The zero-order valence-electron chi connectivity index (χ0n) is 13.0. The van der Waals surface area contributed by atoms with Crippen LogP contribution in [-0.2, 0) is 16.0 Å². The van der Waals surface area contributed by atoms with Crippen molar-refractivity contribution in [3.8, 4) is 5.75 Å². The molecular weight excluding hydrogens is 296 g/mol. The van der Waals surface area contributed by atoms with Crippen LogP contribution >= 0.6 is 0 Å². The smallest absolute Gasteiger partial charge is 0.303 e. The summed E-state index contributed by atoms with van der Waals surface area (Å²) in [6.07, 6.45) is 3.83. The Kier molecular flexibility index (Phi) is 4.23. The number of aliphatic carboxylic acids is 1. The number of benzene rings is 1. The Morgan fingerprint density at radius 1 is 1.39 bits per heavy atom. The molecule has 0 bridgehead atoms. The van der Waals surface area contributed by atoms with Crippen molar-refractivity contribution in [1.82, 2.24) is 10.3 Å². The van der Waals surface area contributed by atoms with E-state index in [-0.39, 0.29) is 24.3 Å². The number of aromatic amines is 1. The SMILES string of the molecule is COc1ccc2[nH]cc(CC(=O)NC3CC(CC(=O)O)C3)c2c1. The number of carbonyl (C=O) groups is 2. The lowest BCUT2D eigenvalue weighted by Crippen LogP contribution is -2.45. The number of carboxylic acids is 1. The van der Waals surface area contributed by atoms with Crippen LogP contribution in [-0.4, -0.2) is 35.1 Å². The number of methoxy groups -OCH3 is 1. The molecule has 23 heavy (non-hydrogen) atoms. The van der Waals surface area contributed by atoms with Crippen molar-refractivity contribution in [1.29, 1.82) is 0 Å². The van der Waals surface area contributed by atoms with Gasteiger partial charge in [-0.25, -0.2) is 0 Å². The lowest BCUT2D eigenvalue weighted by atomic mass is 9.78. The highest BCUT2D eigenvalue weighted by molar-refractivity contribution is 5.89. The maximum Gasteiger partial charge on any atom is 0.303 e. The molecule has 1 aliphatic carbocycles. The standard InChI is InChI=1S/C17H20N2O4/c1-23-13-2-3-15-14(8-13)11(9-18-15)7-16(20)19-12-4-10(5-12)6-17(21)22/h2-3,8-10,12,18H,4-7H2,1H3,(H,19,20)(H,21,22). The lowest BCUT2D eigenvalue weighted by Gasteiger charge is -2.34. The molecule has 3 N–H and O–H groups in total. The first-order valence-corrected chi connectivity index (χ1v) is 7.70. The molecule has 1 fully saturated rings. The minimum absolute atomic E-state index is 0.0347. The van der Waals surface area contributed by atoms with Gasteiger partial charge in [0.05, 0.1) is 13.5 Å². The summed E-state index contributed by atoms with van der Waals surface area (Å²) < 4.78 is 5.22. The van der Waals surface area contributed by atoms with E-state index in [0.717, 1.165) is 35.1 Å². The van der Waals surface area contributed by atoms with E-state index in [1.165, 1.54) is 0 Å². The van der Waals surface area contributed by atoms with E-state index >= 15 is 0 Å². The zero-order valence-corrected chi connectivity index (χ0v) is 13.0. The van der Waals surface area contributed by atoms with Gasteiger partial charge in [-0.1, -0.05) is 0 Å². The summed E-state index contributed by atoms with van der Waals surface area (Å²) in [5, 5.41) is 12.7. The maximum atomic E-state index is 12.2. The van der Waals surface area contributed by atoms with E-state index in [0.29, 0.717) is 6.42 Å². The first-order valence-electron chi connectivity index (χ1n) is 7.70. The summed E-state index contributed by atoms with van der Waals surface area (Å²) in [6.45, 7) is 0.